The summed E-state index contributed by atoms with van der Waals surface area (Å²) in [5.74, 6) is -0.874. The first-order chi connectivity index (χ1) is 14.0. The minimum Gasteiger partial charge on any atom is -0.341 e. The highest BCUT2D eigenvalue weighted by Crippen LogP contribution is 2.21. The van der Waals surface area contributed by atoms with Gasteiger partial charge in [-0.1, -0.05) is 29.8 Å². The monoisotopic (exact) mass is 454 g/mol. The van der Waals surface area contributed by atoms with E-state index in [9.17, 15) is 22.4 Å². The molecule has 0 N–H and O–H groups in total. The molecular formula is C21H24ClFN2O4S. The molecule has 0 spiro atoms. The van der Waals surface area contributed by atoms with Crippen LogP contribution in [0.15, 0.2) is 47.4 Å². The highest BCUT2D eigenvalue weighted by Gasteiger charge is 2.21. The summed E-state index contributed by atoms with van der Waals surface area (Å²) in [5.41, 5.74) is 0.670. The topological polar surface area (TPSA) is 74.8 Å². The summed E-state index contributed by atoms with van der Waals surface area (Å²) in [6, 6.07) is 10.0. The summed E-state index contributed by atoms with van der Waals surface area (Å²) in [6.45, 7) is 1.57. The molecule has 2 rings (SSSR count). The number of rotatable bonds is 9. The molecule has 0 radical (unpaired) electrons. The van der Waals surface area contributed by atoms with Crippen LogP contribution in [0.1, 0.15) is 35.7 Å². The average Bonchev–Trinajstić information content (AvgIpc) is 2.70. The summed E-state index contributed by atoms with van der Waals surface area (Å²) in [7, 11) is -0.753. The van der Waals surface area contributed by atoms with Gasteiger partial charge < -0.3 is 4.90 Å². The van der Waals surface area contributed by atoms with Gasteiger partial charge in [-0.25, -0.2) is 17.1 Å². The van der Waals surface area contributed by atoms with Crippen LogP contribution in [0.2, 0.25) is 5.02 Å². The Labute approximate surface area is 181 Å². The molecule has 1 amide bonds. The van der Waals surface area contributed by atoms with E-state index in [0.29, 0.717) is 12.0 Å². The van der Waals surface area contributed by atoms with Gasteiger partial charge in [0.05, 0.1) is 4.90 Å². The lowest BCUT2D eigenvalue weighted by Gasteiger charge is -2.20. The van der Waals surface area contributed by atoms with Crippen molar-refractivity contribution < 1.29 is 22.4 Å². The Hall–Kier alpha value is -2.29. The number of amides is 1. The van der Waals surface area contributed by atoms with Crippen LogP contribution in [-0.4, -0.2) is 50.0 Å². The van der Waals surface area contributed by atoms with Gasteiger partial charge in [-0.2, -0.15) is 0 Å². The van der Waals surface area contributed by atoms with Crippen LogP contribution in [0.4, 0.5) is 4.39 Å². The maximum Gasteiger partial charge on any atom is 0.242 e. The second-order valence-electron chi connectivity index (χ2n) is 6.96. The molecule has 0 aliphatic rings. The van der Waals surface area contributed by atoms with Crippen molar-refractivity contribution in [2.75, 3.05) is 20.6 Å². The highest BCUT2D eigenvalue weighted by molar-refractivity contribution is 7.89. The van der Waals surface area contributed by atoms with E-state index in [-0.39, 0.29) is 46.7 Å². The van der Waals surface area contributed by atoms with Crippen LogP contribution in [0, 0.1) is 5.82 Å². The number of Topliss-reactive ketones (excluding diaryl/α,β-unsaturated/α-hetero) is 1. The van der Waals surface area contributed by atoms with Crippen molar-refractivity contribution in [2.45, 2.75) is 31.2 Å². The van der Waals surface area contributed by atoms with Crippen molar-refractivity contribution in [2.24, 2.45) is 0 Å². The molecule has 0 fully saturated rings. The van der Waals surface area contributed by atoms with E-state index >= 15 is 0 Å². The molecule has 0 aliphatic carbocycles. The van der Waals surface area contributed by atoms with Gasteiger partial charge in [-0.05, 0) is 37.6 Å². The molecule has 6 nitrogen and oxygen atoms in total. The zero-order valence-corrected chi connectivity index (χ0v) is 18.6. The molecular weight excluding hydrogens is 431 g/mol. The number of sulfonamides is 1. The van der Waals surface area contributed by atoms with E-state index in [1.54, 1.807) is 13.1 Å². The van der Waals surface area contributed by atoms with Crippen LogP contribution < -0.4 is 0 Å². The maximum absolute atomic E-state index is 13.9. The molecule has 2 aromatic rings. The number of benzene rings is 2. The molecule has 9 heteroatoms. The Morgan fingerprint density at radius 1 is 1.07 bits per heavy atom. The third-order valence-corrected chi connectivity index (χ3v) is 6.94. The van der Waals surface area contributed by atoms with E-state index in [2.05, 4.69) is 0 Å². The Kier molecular flexibility index (Phi) is 8.11. The van der Waals surface area contributed by atoms with Gasteiger partial charge in [-0.15, -0.1) is 0 Å². The lowest BCUT2D eigenvalue weighted by atomic mass is 10.2. The largest absolute Gasteiger partial charge is 0.341 e. The third-order valence-electron chi connectivity index (χ3n) is 4.72. The summed E-state index contributed by atoms with van der Waals surface area (Å²) >= 11 is 5.99. The van der Waals surface area contributed by atoms with Crippen molar-refractivity contribution in [3.8, 4) is 0 Å². The normalized spacial score (nSPS) is 11.5. The Morgan fingerprint density at radius 3 is 2.27 bits per heavy atom. The molecule has 0 atom stereocenters. The van der Waals surface area contributed by atoms with Gasteiger partial charge >= 0.3 is 0 Å². The molecule has 0 aromatic heterocycles. The van der Waals surface area contributed by atoms with Gasteiger partial charge in [0, 0.05) is 49.8 Å². The summed E-state index contributed by atoms with van der Waals surface area (Å²) in [5, 5.41) is 0.247. The summed E-state index contributed by atoms with van der Waals surface area (Å²) in [4.78, 5) is 25.1. The molecule has 0 saturated carbocycles. The molecule has 0 saturated heterocycles. The second kappa shape index (κ2) is 10.1. The van der Waals surface area contributed by atoms with Gasteiger partial charge in [0.25, 0.3) is 0 Å². The van der Waals surface area contributed by atoms with E-state index in [1.807, 2.05) is 0 Å². The number of hydrogen-bond donors (Lipinski definition) is 0. The van der Waals surface area contributed by atoms with Crippen LogP contribution in [-0.2, 0) is 21.4 Å². The zero-order chi connectivity index (χ0) is 22.5. The molecule has 30 heavy (non-hydrogen) atoms. The number of hydrogen-bond acceptors (Lipinski definition) is 4. The predicted octanol–water partition coefficient (Wildman–Crippen LogP) is 3.74. The fraction of sp³-hybridized carbons (Fsp3) is 0.333. The number of nitrogens with zero attached hydrogens (tertiary/aromatic N) is 2. The molecule has 0 heterocycles. The lowest BCUT2D eigenvalue weighted by Crippen LogP contribution is -2.30. The first kappa shape index (κ1) is 24.0. The quantitative estimate of drug-likeness (QED) is 0.541. The Morgan fingerprint density at radius 2 is 1.70 bits per heavy atom. The minimum atomic E-state index is -3.73. The van der Waals surface area contributed by atoms with Crippen molar-refractivity contribution in [1.82, 2.24) is 9.21 Å². The first-order valence-corrected chi connectivity index (χ1v) is 11.1. The summed E-state index contributed by atoms with van der Waals surface area (Å²) in [6.07, 6.45) is 0.404. The highest BCUT2D eigenvalue weighted by atomic mass is 35.5. The molecule has 2 aromatic carbocycles. The Balaban J connectivity index is 1.91. The van der Waals surface area contributed by atoms with Crippen LogP contribution in [0.5, 0.6) is 0 Å². The van der Waals surface area contributed by atoms with E-state index in [1.165, 1.54) is 55.3 Å². The molecule has 162 valence electrons. The minimum absolute atomic E-state index is 0.0287. The SMILES string of the molecule is CC(=O)c1ccc(S(=O)(=O)N(C)CCCC(=O)N(C)Cc2c(F)cccc2Cl)cc1. The second-order valence-corrected chi connectivity index (χ2v) is 9.41. The van der Waals surface area contributed by atoms with E-state index < -0.39 is 15.8 Å². The van der Waals surface area contributed by atoms with Crippen molar-refractivity contribution in [1.29, 1.82) is 0 Å². The van der Waals surface area contributed by atoms with Crippen molar-refractivity contribution in [3.05, 3.63) is 64.4 Å². The number of halogens is 2. The van der Waals surface area contributed by atoms with Crippen molar-refractivity contribution in [3.63, 3.8) is 0 Å². The van der Waals surface area contributed by atoms with Gasteiger partial charge in [-0.3, -0.25) is 9.59 Å². The molecule has 0 aliphatic heterocycles. The third kappa shape index (κ3) is 5.87. The summed E-state index contributed by atoms with van der Waals surface area (Å²) < 4.78 is 40.3. The lowest BCUT2D eigenvalue weighted by molar-refractivity contribution is -0.130. The number of carbonyl (C=O) groups excluding carboxylic acids is 2. The maximum atomic E-state index is 13.9. The van der Waals surface area contributed by atoms with Crippen molar-refractivity contribution >= 4 is 33.3 Å². The van der Waals surface area contributed by atoms with E-state index in [0.717, 1.165) is 4.31 Å². The smallest absolute Gasteiger partial charge is 0.242 e. The van der Waals surface area contributed by atoms with Crippen LogP contribution in [0.3, 0.4) is 0 Å². The fourth-order valence-corrected chi connectivity index (χ4v) is 4.25. The van der Waals surface area contributed by atoms with Crippen LogP contribution in [0.25, 0.3) is 0 Å². The molecule has 0 unspecified atom stereocenters. The first-order valence-electron chi connectivity index (χ1n) is 9.28. The zero-order valence-electron chi connectivity index (χ0n) is 17.1. The van der Waals surface area contributed by atoms with E-state index in [4.69, 9.17) is 11.6 Å². The standard InChI is InChI=1S/C21H24ClFN2O4S/c1-15(26)16-9-11-17(12-10-16)30(28,29)25(3)13-5-8-21(27)24(2)14-18-19(22)6-4-7-20(18)23/h4,6-7,9-12H,5,8,13-14H2,1-3H3. The predicted molar refractivity (Wildman–Crippen MR) is 113 cm³/mol. The Bertz CT molecular complexity index is 1010. The average molecular weight is 455 g/mol. The van der Waals surface area contributed by atoms with Gasteiger partial charge in [0.15, 0.2) is 5.78 Å². The fourth-order valence-electron chi connectivity index (χ4n) is 2.81. The molecule has 0 bridgehead atoms. The van der Waals surface area contributed by atoms with Gasteiger partial charge in [0.2, 0.25) is 15.9 Å². The van der Waals surface area contributed by atoms with Crippen LogP contribution >= 0.6 is 11.6 Å². The number of carbonyl (C=O) groups is 2. The number of ketones is 1. The van der Waals surface area contributed by atoms with Gasteiger partial charge in [0.1, 0.15) is 5.82 Å².